The Morgan fingerprint density at radius 1 is 1.16 bits per heavy atom. The number of rotatable bonds is 6. The van der Waals surface area contributed by atoms with Crippen LogP contribution in [0.2, 0.25) is 0 Å². The van der Waals surface area contributed by atoms with Crippen molar-refractivity contribution in [2.24, 2.45) is 4.99 Å². The molecule has 3 aromatic rings. The number of aromatic nitrogens is 1. The van der Waals surface area contributed by atoms with Crippen LogP contribution in [0.4, 0.5) is 5.69 Å². The number of nitrogens with one attached hydrogen (secondary N) is 1. The highest BCUT2D eigenvalue weighted by atomic mass is 32.1. The number of aliphatic hydroxyl groups is 2. The maximum atomic E-state index is 13.4. The molecule has 0 bridgehead atoms. The summed E-state index contributed by atoms with van der Waals surface area (Å²) < 4.78 is 0. The number of β-amino-alcohol motifs (C(OH)–C–C–N with tert-alkyl or cyclic N) is 1. The van der Waals surface area contributed by atoms with Crippen molar-refractivity contribution in [3.63, 3.8) is 0 Å². The van der Waals surface area contributed by atoms with Gasteiger partial charge in [0.25, 0.3) is 0 Å². The van der Waals surface area contributed by atoms with Gasteiger partial charge >= 0.3 is 0 Å². The molecule has 9 nitrogen and oxygen atoms in total. The number of aryl methyl sites for hydroxylation is 1. The van der Waals surface area contributed by atoms with Gasteiger partial charge in [-0.3, -0.25) is 9.59 Å². The summed E-state index contributed by atoms with van der Waals surface area (Å²) in [4.78, 5) is 39.2. The van der Waals surface area contributed by atoms with Crippen LogP contribution in [-0.2, 0) is 16.1 Å². The lowest BCUT2D eigenvalue weighted by atomic mass is 10.1. The molecule has 3 N–H and O–H groups in total. The highest BCUT2D eigenvalue weighted by Crippen LogP contribution is 2.33. The Balaban J connectivity index is 1.23. The van der Waals surface area contributed by atoms with Gasteiger partial charge in [0, 0.05) is 25.1 Å². The summed E-state index contributed by atoms with van der Waals surface area (Å²) in [5, 5.41) is 24.1. The zero-order valence-corrected chi connectivity index (χ0v) is 21.4. The number of likely N-dealkylation sites (tertiary alicyclic amines) is 1. The largest absolute Gasteiger partial charge is 0.391 e. The second-order valence-electron chi connectivity index (χ2n) is 9.38. The van der Waals surface area contributed by atoms with Crippen molar-refractivity contribution in [2.75, 3.05) is 6.54 Å². The summed E-state index contributed by atoms with van der Waals surface area (Å²) in [6.07, 6.45) is -0.222. The number of aliphatic imine (C=N–C) groups is 1. The molecule has 1 saturated heterocycles. The third-order valence-corrected chi connectivity index (χ3v) is 7.90. The summed E-state index contributed by atoms with van der Waals surface area (Å²) in [6, 6.07) is 13.5. The number of amides is 2. The van der Waals surface area contributed by atoms with E-state index in [2.05, 4.69) is 15.3 Å². The van der Waals surface area contributed by atoms with E-state index in [9.17, 15) is 19.8 Å². The molecule has 1 fully saturated rings. The quantitative estimate of drug-likeness (QED) is 0.461. The fraction of sp³-hybridized carbons (Fsp3) is 0.333. The number of nitrogens with zero attached hydrogens (tertiary/aromatic N) is 4. The smallest absolute Gasteiger partial charge is 0.245 e. The lowest BCUT2D eigenvalue weighted by Crippen LogP contribution is -2.53. The number of thiazole rings is 1. The van der Waals surface area contributed by atoms with E-state index in [1.165, 1.54) is 16.1 Å². The molecule has 0 spiro atoms. The number of para-hydroxylation sites is 1. The molecule has 192 valence electrons. The molecule has 0 aliphatic carbocycles. The lowest BCUT2D eigenvalue weighted by molar-refractivity contribution is -0.143. The van der Waals surface area contributed by atoms with Crippen LogP contribution in [0.3, 0.4) is 0 Å². The molecule has 2 amide bonds. The van der Waals surface area contributed by atoms with Crippen LogP contribution in [0.5, 0.6) is 0 Å². The van der Waals surface area contributed by atoms with E-state index in [1.807, 2.05) is 42.8 Å². The van der Waals surface area contributed by atoms with E-state index >= 15 is 0 Å². The number of carbonyl (C=O) groups is 2. The van der Waals surface area contributed by atoms with Crippen molar-refractivity contribution in [1.29, 1.82) is 0 Å². The standard InChI is InChI=1S/C27H29N5O4S/c1-16-24(37-15-30-16)19-9-7-18(8-10-19)12-28-25(34)23-11-20(33)13-31(23)26(35)17(2)32-14-29-22-6-4-3-5-21(22)27(32)36/h3-10,14-15,17,20,23,27,33,36H,11-13H2,1-2H3,(H,28,34)/t17?,20-,23+,27?/m1/s1. The third kappa shape index (κ3) is 5.00. The van der Waals surface area contributed by atoms with Crippen molar-refractivity contribution in [1.82, 2.24) is 20.1 Å². The van der Waals surface area contributed by atoms with Gasteiger partial charge < -0.3 is 25.3 Å². The van der Waals surface area contributed by atoms with Gasteiger partial charge in [-0.05, 0) is 31.0 Å². The van der Waals surface area contributed by atoms with Crippen molar-refractivity contribution in [2.45, 2.75) is 51.2 Å². The van der Waals surface area contributed by atoms with Gasteiger partial charge in [-0.2, -0.15) is 0 Å². The van der Waals surface area contributed by atoms with Crippen LogP contribution in [-0.4, -0.2) is 67.9 Å². The Hall–Kier alpha value is -3.60. The molecule has 3 heterocycles. The molecule has 5 rings (SSSR count). The summed E-state index contributed by atoms with van der Waals surface area (Å²) in [5.74, 6) is -0.677. The first-order valence-electron chi connectivity index (χ1n) is 12.2. The van der Waals surface area contributed by atoms with Crippen molar-refractivity contribution in [3.8, 4) is 10.4 Å². The number of hydrogen-bond donors (Lipinski definition) is 3. The molecule has 2 aromatic carbocycles. The second kappa shape index (κ2) is 10.4. The average molecular weight is 520 g/mol. The van der Waals surface area contributed by atoms with Crippen LogP contribution < -0.4 is 5.32 Å². The highest BCUT2D eigenvalue weighted by Gasteiger charge is 2.42. The van der Waals surface area contributed by atoms with E-state index in [1.54, 1.807) is 36.5 Å². The number of hydrogen-bond acceptors (Lipinski definition) is 8. The van der Waals surface area contributed by atoms with Gasteiger partial charge in [-0.25, -0.2) is 9.98 Å². The first kappa shape index (κ1) is 25.1. The third-order valence-electron chi connectivity index (χ3n) is 6.93. The summed E-state index contributed by atoms with van der Waals surface area (Å²) in [5.41, 5.74) is 6.06. The van der Waals surface area contributed by atoms with Gasteiger partial charge in [-0.1, -0.05) is 42.5 Å². The van der Waals surface area contributed by atoms with E-state index in [4.69, 9.17) is 0 Å². The van der Waals surface area contributed by atoms with Gasteiger partial charge in [0.2, 0.25) is 11.8 Å². The Morgan fingerprint density at radius 2 is 1.92 bits per heavy atom. The molecule has 0 radical (unpaired) electrons. The minimum atomic E-state index is -1.04. The van der Waals surface area contributed by atoms with E-state index in [-0.39, 0.29) is 24.8 Å². The molecule has 2 aliphatic heterocycles. The molecule has 2 unspecified atom stereocenters. The topological polar surface area (TPSA) is 118 Å². The fourth-order valence-electron chi connectivity index (χ4n) is 4.82. The SMILES string of the molecule is Cc1ncsc1-c1ccc(CNC(=O)[C@@H]2C[C@@H](O)CN2C(=O)C(C)N2C=Nc3ccccc3C2O)cc1. The van der Waals surface area contributed by atoms with E-state index in [0.717, 1.165) is 21.7 Å². The van der Waals surface area contributed by atoms with Crippen LogP contribution >= 0.6 is 11.3 Å². The number of aliphatic hydroxyl groups excluding tert-OH is 2. The van der Waals surface area contributed by atoms with Crippen molar-refractivity contribution >= 4 is 35.2 Å². The molecule has 4 atom stereocenters. The molecule has 1 aromatic heterocycles. The maximum Gasteiger partial charge on any atom is 0.245 e. The van der Waals surface area contributed by atoms with E-state index in [0.29, 0.717) is 17.8 Å². The van der Waals surface area contributed by atoms with Gasteiger partial charge in [0.05, 0.1) is 34.2 Å². The van der Waals surface area contributed by atoms with Crippen molar-refractivity contribution in [3.05, 3.63) is 70.9 Å². The molecular weight excluding hydrogens is 490 g/mol. The number of fused-ring (bicyclic) bond motifs is 1. The normalized spacial score (nSPS) is 21.6. The lowest BCUT2D eigenvalue weighted by Gasteiger charge is -2.36. The number of benzene rings is 2. The Labute approximate surface area is 219 Å². The Morgan fingerprint density at radius 3 is 2.65 bits per heavy atom. The first-order valence-corrected chi connectivity index (χ1v) is 13.1. The summed E-state index contributed by atoms with van der Waals surface area (Å²) in [6.45, 7) is 4.00. The summed E-state index contributed by atoms with van der Waals surface area (Å²) in [7, 11) is 0. The molecule has 37 heavy (non-hydrogen) atoms. The summed E-state index contributed by atoms with van der Waals surface area (Å²) >= 11 is 1.59. The molecule has 0 saturated carbocycles. The van der Waals surface area contributed by atoms with Crippen LogP contribution in [0.25, 0.3) is 10.4 Å². The van der Waals surface area contributed by atoms with E-state index < -0.39 is 24.4 Å². The first-order chi connectivity index (χ1) is 17.8. The molecule has 2 aliphatic rings. The maximum absolute atomic E-state index is 13.4. The van der Waals surface area contributed by atoms with Crippen LogP contribution in [0.15, 0.2) is 59.0 Å². The predicted octanol–water partition coefficient (Wildman–Crippen LogP) is 2.75. The van der Waals surface area contributed by atoms with Gasteiger partial charge in [-0.15, -0.1) is 11.3 Å². The van der Waals surface area contributed by atoms with Crippen LogP contribution in [0.1, 0.15) is 36.4 Å². The van der Waals surface area contributed by atoms with Crippen LogP contribution in [0, 0.1) is 6.92 Å². The van der Waals surface area contributed by atoms with Gasteiger partial charge in [0.1, 0.15) is 12.1 Å². The van der Waals surface area contributed by atoms with Crippen molar-refractivity contribution < 1.29 is 19.8 Å². The predicted molar refractivity (Wildman–Crippen MR) is 141 cm³/mol. The Bertz CT molecular complexity index is 1320. The number of carbonyl (C=O) groups excluding carboxylic acids is 2. The minimum Gasteiger partial charge on any atom is -0.391 e. The molecule has 10 heteroatoms. The monoisotopic (exact) mass is 519 g/mol. The highest BCUT2D eigenvalue weighted by molar-refractivity contribution is 7.13. The second-order valence-corrected chi connectivity index (χ2v) is 10.2. The zero-order valence-electron chi connectivity index (χ0n) is 20.6. The fourth-order valence-corrected chi connectivity index (χ4v) is 5.63. The molecular formula is C27H29N5O4S. The average Bonchev–Trinajstić information content (AvgIpc) is 3.52. The minimum absolute atomic E-state index is 0.0574. The van der Waals surface area contributed by atoms with Gasteiger partial charge in [0.15, 0.2) is 6.23 Å². The zero-order chi connectivity index (χ0) is 26.1. The Kier molecular flexibility index (Phi) is 7.05.